The molecule has 1 aromatic carbocycles. The van der Waals surface area contributed by atoms with E-state index in [0.717, 1.165) is 5.56 Å². The molecule has 1 heterocycles. The van der Waals surface area contributed by atoms with Crippen molar-refractivity contribution in [2.24, 2.45) is 0 Å². The third-order valence-electron chi connectivity index (χ3n) is 2.00. The molecule has 0 saturated heterocycles. The van der Waals surface area contributed by atoms with Gasteiger partial charge in [0.05, 0.1) is 12.1 Å². The second kappa shape index (κ2) is 5.20. The number of ether oxygens (including phenoxy) is 2. The quantitative estimate of drug-likeness (QED) is 0.924. The zero-order valence-corrected chi connectivity index (χ0v) is 10.6. The third-order valence-corrected chi connectivity index (χ3v) is 2.98. The predicted octanol–water partition coefficient (Wildman–Crippen LogP) is 2.36. The van der Waals surface area contributed by atoms with E-state index in [1.165, 1.54) is 11.3 Å². The SMILES string of the molecule is COc1cc(COc2nnc(N)s2)ccc1Cl. The highest BCUT2D eigenvalue weighted by Gasteiger charge is 2.05. The maximum atomic E-state index is 5.91. The van der Waals surface area contributed by atoms with Crippen LogP contribution in [0.1, 0.15) is 5.56 Å². The minimum Gasteiger partial charge on any atom is -0.495 e. The monoisotopic (exact) mass is 271 g/mol. The Kier molecular flexibility index (Phi) is 3.65. The van der Waals surface area contributed by atoms with Crippen LogP contribution in [0.15, 0.2) is 18.2 Å². The molecule has 0 aliphatic carbocycles. The van der Waals surface area contributed by atoms with Crippen LogP contribution in [0.4, 0.5) is 5.13 Å². The van der Waals surface area contributed by atoms with Crippen LogP contribution in [0.5, 0.6) is 10.9 Å². The van der Waals surface area contributed by atoms with Gasteiger partial charge in [0.25, 0.3) is 5.19 Å². The van der Waals surface area contributed by atoms with Gasteiger partial charge in [-0.05, 0) is 29.0 Å². The number of hydrogen-bond donors (Lipinski definition) is 1. The average molecular weight is 272 g/mol. The average Bonchev–Trinajstić information content (AvgIpc) is 2.74. The van der Waals surface area contributed by atoms with Crippen molar-refractivity contribution in [3.8, 4) is 10.9 Å². The van der Waals surface area contributed by atoms with Gasteiger partial charge in [0, 0.05) is 0 Å². The molecule has 0 unspecified atom stereocenters. The largest absolute Gasteiger partial charge is 0.495 e. The Morgan fingerprint density at radius 2 is 2.24 bits per heavy atom. The summed E-state index contributed by atoms with van der Waals surface area (Å²) in [5.41, 5.74) is 6.37. The minimum atomic E-state index is 0.363. The Morgan fingerprint density at radius 1 is 1.41 bits per heavy atom. The van der Waals surface area contributed by atoms with Gasteiger partial charge in [-0.3, -0.25) is 0 Å². The molecule has 0 bridgehead atoms. The predicted molar refractivity (Wildman–Crippen MR) is 66.7 cm³/mol. The molecule has 7 heteroatoms. The lowest BCUT2D eigenvalue weighted by Crippen LogP contribution is -1.96. The summed E-state index contributed by atoms with van der Waals surface area (Å²) in [7, 11) is 1.57. The molecule has 2 N–H and O–H groups in total. The highest BCUT2D eigenvalue weighted by molar-refractivity contribution is 7.16. The maximum Gasteiger partial charge on any atom is 0.296 e. The lowest BCUT2D eigenvalue weighted by atomic mass is 10.2. The van der Waals surface area contributed by atoms with Gasteiger partial charge in [0.2, 0.25) is 5.13 Å². The summed E-state index contributed by atoms with van der Waals surface area (Å²) in [5, 5.41) is 8.80. The van der Waals surface area contributed by atoms with Gasteiger partial charge in [-0.2, -0.15) is 0 Å². The summed E-state index contributed by atoms with van der Waals surface area (Å²) in [4.78, 5) is 0. The van der Waals surface area contributed by atoms with E-state index in [9.17, 15) is 0 Å². The van der Waals surface area contributed by atoms with Crippen molar-refractivity contribution >= 4 is 28.1 Å². The summed E-state index contributed by atoms with van der Waals surface area (Å²) in [6.07, 6.45) is 0. The molecule has 0 fully saturated rings. The Morgan fingerprint density at radius 3 is 2.88 bits per heavy atom. The van der Waals surface area contributed by atoms with Gasteiger partial charge in [-0.25, -0.2) is 0 Å². The summed E-state index contributed by atoms with van der Waals surface area (Å²) in [5.74, 6) is 0.615. The van der Waals surface area contributed by atoms with E-state index in [2.05, 4.69) is 10.2 Å². The van der Waals surface area contributed by atoms with E-state index in [1.807, 2.05) is 12.1 Å². The first kappa shape index (κ1) is 11.9. The van der Waals surface area contributed by atoms with Gasteiger partial charge in [0.15, 0.2) is 0 Å². The standard InChI is InChI=1S/C10H10ClN3O2S/c1-15-8-4-6(2-3-7(8)11)5-16-10-14-13-9(12)17-10/h2-4H,5H2,1H3,(H2,12,13). The number of benzene rings is 1. The number of nitrogens with two attached hydrogens (primary N) is 1. The van der Waals surface area contributed by atoms with Crippen LogP contribution in [0.25, 0.3) is 0 Å². The summed E-state index contributed by atoms with van der Waals surface area (Å²) in [6.45, 7) is 0.363. The second-order valence-electron chi connectivity index (χ2n) is 3.16. The van der Waals surface area contributed by atoms with E-state index in [4.69, 9.17) is 26.8 Å². The number of halogens is 1. The Balaban J connectivity index is 2.04. The van der Waals surface area contributed by atoms with Crippen molar-refractivity contribution in [2.45, 2.75) is 6.61 Å². The minimum absolute atomic E-state index is 0.363. The van der Waals surface area contributed by atoms with Crippen LogP contribution in [0.2, 0.25) is 5.02 Å². The van der Waals surface area contributed by atoms with Gasteiger partial charge >= 0.3 is 0 Å². The molecular formula is C10H10ClN3O2S. The van der Waals surface area contributed by atoms with Crippen LogP contribution in [-0.4, -0.2) is 17.3 Å². The fourth-order valence-electron chi connectivity index (χ4n) is 1.22. The first-order valence-electron chi connectivity index (χ1n) is 4.73. The zero-order chi connectivity index (χ0) is 12.3. The second-order valence-corrected chi connectivity index (χ2v) is 4.54. The highest BCUT2D eigenvalue weighted by Crippen LogP contribution is 2.26. The molecule has 90 valence electrons. The van der Waals surface area contributed by atoms with Gasteiger partial charge in [0.1, 0.15) is 12.4 Å². The lowest BCUT2D eigenvalue weighted by molar-refractivity contribution is 0.301. The zero-order valence-electron chi connectivity index (χ0n) is 9.01. The van der Waals surface area contributed by atoms with Crippen molar-refractivity contribution in [3.05, 3.63) is 28.8 Å². The molecule has 0 amide bonds. The van der Waals surface area contributed by atoms with Crippen molar-refractivity contribution in [2.75, 3.05) is 12.8 Å². The van der Waals surface area contributed by atoms with E-state index >= 15 is 0 Å². The van der Waals surface area contributed by atoms with Crippen molar-refractivity contribution in [3.63, 3.8) is 0 Å². The van der Waals surface area contributed by atoms with Crippen LogP contribution in [0, 0.1) is 0 Å². The number of nitrogens with zero attached hydrogens (tertiary/aromatic N) is 2. The first-order valence-corrected chi connectivity index (χ1v) is 5.92. The molecule has 0 saturated carbocycles. The Hall–Kier alpha value is -1.53. The fourth-order valence-corrected chi connectivity index (χ4v) is 1.87. The molecule has 0 atom stereocenters. The summed E-state index contributed by atoms with van der Waals surface area (Å²) < 4.78 is 10.5. The maximum absolute atomic E-state index is 5.91. The molecule has 5 nitrogen and oxygen atoms in total. The Labute approximate surface area is 107 Å². The van der Waals surface area contributed by atoms with E-state index in [0.29, 0.717) is 27.7 Å². The normalized spacial score (nSPS) is 10.2. The molecule has 17 heavy (non-hydrogen) atoms. The van der Waals surface area contributed by atoms with Crippen molar-refractivity contribution < 1.29 is 9.47 Å². The lowest BCUT2D eigenvalue weighted by Gasteiger charge is -2.06. The number of rotatable bonds is 4. The molecule has 0 aliphatic heterocycles. The molecule has 2 rings (SSSR count). The number of nitrogen functional groups attached to an aromatic ring is 1. The topological polar surface area (TPSA) is 70.3 Å². The number of hydrogen-bond acceptors (Lipinski definition) is 6. The highest BCUT2D eigenvalue weighted by atomic mass is 35.5. The molecule has 2 aromatic rings. The van der Waals surface area contributed by atoms with Gasteiger partial charge in [-0.15, -0.1) is 5.10 Å². The fraction of sp³-hybridized carbons (Fsp3) is 0.200. The third kappa shape index (κ3) is 2.98. The molecule has 1 aromatic heterocycles. The van der Waals surface area contributed by atoms with E-state index in [1.54, 1.807) is 13.2 Å². The number of methoxy groups -OCH3 is 1. The van der Waals surface area contributed by atoms with Crippen molar-refractivity contribution in [1.29, 1.82) is 0 Å². The van der Waals surface area contributed by atoms with Crippen molar-refractivity contribution in [1.82, 2.24) is 10.2 Å². The van der Waals surface area contributed by atoms with Crippen LogP contribution >= 0.6 is 22.9 Å². The van der Waals surface area contributed by atoms with Crippen LogP contribution < -0.4 is 15.2 Å². The molecular weight excluding hydrogens is 262 g/mol. The number of aromatic nitrogens is 2. The Bertz CT molecular complexity index is 518. The van der Waals surface area contributed by atoms with Gasteiger partial charge in [-0.1, -0.05) is 22.8 Å². The van der Waals surface area contributed by atoms with E-state index in [-0.39, 0.29) is 0 Å². The molecule has 0 spiro atoms. The number of anilines is 1. The summed E-state index contributed by atoms with van der Waals surface area (Å²) in [6, 6.07) is 5.43. The van der Waals surface area contributed by atoms with Crippen LogP contribution in [0.3, 0.4) is 0 Å². The summed E-state index contributed by atoms with van der Waals surface area (Å²) >= 11 is 7.11. The van der Waals surface area contributed by atoms with E-state index < -0.39 is 0 Å². The molecule has 0 aliphatic rings. The first-order chi connectivity index (χ1) is 8.19. The van der Waals surface area contributed by atoms with Gasteiger partial charge < -0.3 is 15.2 Å². The smallest absolute Gasteiger partial charge is 0.296 e. The molecule has 0 radical (unpaired) electrons. The van der Waals surface area contributed by atoms with Crippen LogP contribution in [-0.2, 0) is 6.61 Å².